The first-order chi connectivity index (χ1) is 15.5. The van der Waals surface area contributed by atoms with Crippen molar-refractivity contribution in [2.45, 2.75) is 64.3 Å². The lowest BCUT2D eigenvalue weighted by Gasteiger charge is -2.28. The first-order valence-corrected chi connectivity index (χ1v) is 11.7. The largest absolute Gasteiger partial charge is 0.377 e. The first-order valence-electron chi connectivity index (χ1n) is 11.7. The summed E-state index contributed by atoms with van der Waals surface area (Å²) in [7, 11) is 4.07. The molecule has 174 valence electrons. The van der Waals surface area contributed by atoms with Crippen LogP contribution in [-0.2, 0) is 10.8 Å². The van der Waals surface area contributed by atoms with Gasteiger partial charge in [0.2, 0.25) is 0 Å². The van der Waals surface area contributed by atoms with Gasteiger partial charge in [0.1, 0.15) is 17.5 Å². The van der Waals surface area contributed by atoms with Crippen molar-refractivity contribution in [1.82, 2.24) is 9.97 Å². The second-order valence-corrected chi connectivity index (χ2v) is 10.5. The molecule has 2 aromatic carbocycles. The Morgan fingerprint density at radius 1 is 1.21 bits per heavy atom. The average molecular weight is 447 g/mol. The number of allylic oxidation sites excluding steroid dienone is 1. The molecule has 1 aliphatic rings. The van der Waals surface area contributed by atoms with E-state index >= 15 is 4.39 Å². The molecule has 1 aromatic heterocycles. The van der Waals surface area contributed by atoms with E-state index in [1.807, 2.05) is 52.2 Å². The van der Waals surface area contributed by atoms with E-state index < -0.39 is 0 Å². The van der Waals surface area contributed by atoms with Gasteiger partial charge in [0.15, 0.2) is 0 Å². The molecule has 4 nitrogen and oxygen atoms in total. The van der Waals surface area contributed by atoms with Gasteiger partial charge in [-0.3, -0.25) is 0 Å². The van der Waals surface area contributed by atoms with E-state index in [-0.39, 0.29) is 22.7 Å². The van der Waals surface area contributed by atoms with Gasteiger partial charge in [-0.2, -0.15) is 0 Å². The van der Waals surface area contributed by atoms with Gasteiger partial charge >= 0.3 is 0 Å². The standard InChI is InChI=1S/C28H35FN4/c1-9-27(4,5)22-16-23-20(15-24(22)33(7)8)26(32-18(3)31-23)30-17(2)19-11-10-12-21(25(19)29)28(6)13-14-28/h9-12,15-17H,1,13-14H2,2-8H3,(H,30,31,32)/t17-/m1/s1. The summed E-state index contributed by atoms with van der Waals surface area (Å²) in [4.78, 5) is 11.5. The summed E-state index contributed by atoms with van der Waals surface area (Å²) in [6.45, 7) is 14.4. The Kier molecular flexibility index (Phi) is 5.71. The molecule has 0 saturated heterocycles. The predicted molar refractivity (Wildman–Crippen MR) is 137 cm³/mol. The summed E-state index contributed by atoms with van der Waals surface area (Å²) in [6, 6.07) is 9.78. The zero-order valence-electron chi connectivity index (χ0n) is 20.9. The van der Waals surface area contributed by atoms with Gasteiger partial charge in [-0.15, -0.1) is 6.58 Å². The lowest BCUT2D eigenvalue weighted by atomic mass is 9.83. The van der Waals surface area contributed by atoms with Crippen LogP contribution in [0.15, 0.2) is 43.0 Å². The van der Waals surface area contributed by atoms with Crippen molar-refractivity contribution in [3.63, 3.8) is 0 Å². The SMILES string of the molecule is C=CC(C)(C)c1cc2nc(C)nc(N[C@H](C)c3cccc(C4(C)CC4)c3F)c2cc1N(C)C. The smallest absolute Gasteiger partial charge is 0.138 e. The van der Waals surface area contributed by atoms with Gasteiger partial charge in [0.25, 0.3) is 0 Å². The monoisotopic (exact) mass is 446 g/mol. The Labute approximate surface area is 196 Å². The zero-order valence-corrected chi connectivity index (χ0v) is 20.9. The van der Waals surface area contributed by atoms with Crippen LogP contribution in [-0.4, -0.2) is 24.1 Å². The number of nitrogens with one attached hydrogen (secondary N) is 1. The van der Waals surface area contributed by atoms with E-state index in [2.05, 4.69) is 49.7 Å². The summed E-state index contributed by atoms with van der Waals surface area (Å²) in [5.41, 5.74) is 4.37. The molecular formula is C28H35FN4. The zero-order chi connectivity index (χ0) is 24.1. The van der Waals surface area contributed by atoms with E-state index in [4.69, 9.17) is 9.97 Å². The third kappa shape index (κ3) is 4.21. The molecule has 0 radical (unpaired) electrons. The Balaban J connectivity index is 1.80. The van der Waals surface area contributed by atoms with Gasteiger partial charge in [-0.1, -0.05) is 45.0 Å². The number of anilines is 2. The minimum atomic E-state index is -0.239. The van der Waals surface area contributed by atoms with Crippen LogP contribution in [0.25, 0.3) is 10.9 Å². The minimum Gasteiger partial charge on any atom is -0.377 e. The number of benzene rings is 2. The highest BCUT2D eigenvalue weighted by Crippen LogP contribution is 2.49. The highest BCUT2D eigenvalue weighted by Gasteiger charge is 2.41. The third-order valence-corrected chi connectivity index (χ3v) is 7.11. The highest BCUT2D eigenvalue weighted by atomic mass is 19.1. The maximum Gasteiger partial charge on any atom is 0.138 e. The van der Waals surface area contributed by atoms with Crippen LogP contribution < -0.4 is 10.2 Å². The quantitative estimate of drug-likeness (QED) is 0.404. The van der Waals surface area contributed by atoms with E-state index in [9.17, 15) is 0 Å². The normalized spacial score (nSPS) is 15.9. The molecule has 1 atom stereocenters. The van der Waals surface area contributed by atoms with Crippen molar-refractivity contribution < 1.29 is 4.39 Å². The molecule has 0 unspecified atom stereocenters. The number of fused-ring (bicyclic) bond motifs is 1. The van der Waals surface area contributed by atoms with E-state index in [1.54, 1.807) is 0 Å². The maximum atomic E-state index is 15.5. The van der Waals surface area contributed by atoms with Crippen molar-refractivity contribution in [2.75, 3.05) is 24.3 Å². The Bertz CT molecular complexity index is 1220. The number of halogens is 1. The molecule has 3 aromatic rings. The second-order valence-electron chi connectivity index (χ2n) is 10.5. The van der Waals surface area contributed by atoms with Crippen molar-refractivity contribution in [3.05, 3.63) is 71.3 Å². The first kappa shape index (κ1) is 23.2. The highest BCUT2D eigenvalue weighted by molar-refractivity contribution is 5.93. The van der Waals surface area contributed by atoms with Gasteiger partial charge in [0, 0.05) is 36.1 Å². The molecule has 1 saturated carbocycles. The molecule has 0 bridgehead atoms. The summed E-state index contributed by atoms with van der Waals surface area (Å²) in [5, 5.41) is 4.41. The average Bonchev–Trinajstić information content (AvgIpc) is 3.50. The van der Waals surface area contributed by atoms with Crippen LogP contribution in [0.2, 0.25) is 0 Å². The number of nitrogens with zero attached hydrogens (tertiary/aromatic N) is 3. The van der Waals surface area contributed by atoms with E-state index in [0.29, 0.717) is 11.4 Å². The van der Waals surface area contributed by atoms with Gasteiger partial charge < -0.3 is 10.2 Å². The molecule has 1 aliphatic carbocycles. The van der Waals surface area contributed by atoms with Crippen molar-refractivity contribution in [3.8, 4) is 0 Å². The molecule has 0 aliphatic heterocycles. The Hall–Kier alpha value is -2.95. The lowest BCUT2D eigenvalue weighted by Crippen LogP contribution is -2.20. The van der Waals surface area contributed by atoms with E-state index in [1.165, 1.54) is 0 Å². The summed E-state index contributed by atoms with van der Waals surface area (Å²) in [5.74, 6) is 1.30. The predicted octanol–water partition coefficient (Wildman–Crippen LogP) is 6.83. The van der Waals surface area contributed by atoms with Crippen molar-refractivity contribution in [2.24, 2.45) is 0 Å². The summed E-state index contributed by atoms with van der Waals surface area (Å²) >= 11 is 0. The summed E-state index contributed by atoms with van der Waals surface area (Å²) in [6.07, 6.45) is 4.05. The van der Waals surface area contributed by atoms with Crippen LogP contribution in [0.4, 0.5) is 15.9 Å². The van der Waals surface area contributed by atoms with Gasteiger partial charge in [-0.05, 0) is 55.4 Å². The van der Waals surface area contributed by atoms with Gasteiger partial charge in [-0.25, -0.2) is 14.4 Å². The number of aryl methyl sites for hydroxylation is 1. The minimum absolute atomic E-state index is 0.0208. The fourth-order valence-electron chi connectivity index (χ4n) is 4.48. The topological polar surface area (TPSA) is 41.1 Å². The number of hydrogen-bond donors (Lipinski definition) is 1. The number of rotatable bonds is 7. The second kappa shape index (κ2) is 8.12. The molecule has 0 spiro atoms. The summed E-state index contributed by atoms with van der Waals surface area (Å²) < 4.78 is 15.5. The van der Waals surface area contributed by atoms with Crippen LogP contribution in [0.3, 0.4) is 0 Å². The lowest BCUT2D eigenvalue weighted by molar-refractivity contribution is 0.564. The van der Waals surface area contributed by atoms with Crippen LogP contribution in [0.1, 0.15) is 69.1 Å². The van der Waals surface area contributed by atoms with Crippen molar-refractivity contribution in [1.29, 1.82) is 0 Å². The fraction of sp³-hybridized carbons (Fsp3) is 0.429. The van der Waals surface area contributed by atoms with Crippen LogP contribution in [0, 0.1) is 12.7 Å². The molecule has 4 rings (SSSR count). The molecule has 1 N–H and O–H groups in total. The van der Waals surface area contributed by atoms with Crippen LogP contribution >= 0.6 is 0 Å². The Morgan fingerprint density at radius 2 is 1.91 bits per heavy atom. The van der Waals surface area contributed by atoms with Gasteiger partial charge in [0.05, 0.1) is 11.6 Å². The fourth-order valence-corrected chi connectivity index (χ4v) is 4.48. The molecular weight excluding hydrogens is 411 g/mol. The molecule has 33 heavy (non-hydrogen) atoms. The van der Waals surface area contributed by atoms with Crippen LogP contribution in [0.5, 0.6) is 0 Å². The van der Waals surface area contributed by atoms with Crippen molar-refractivity contribution >= 4 is 22.4 Å². The molecule has 0 amide bonds. The Morgan fingerprint density at radius 3 is 2.52 bits per heavy atom. The van der Waals surface area contributed by atoms with E-state index in [0.717, 1.165) is 46.4 Å². The maximum absolute atomic E-state index is 15.5. The molecule has 1 fully saturated rings. The molecule has 1 heterocycles. The molecule has 5 heteroatoms. The number of aromatic nitrogens is 2. The third-order valence-electron chi connectivity index (χ3n) is 7.11. The number of hydrogen-bond acceptors (Lipinski definition) is 4.